The van der Waals surface area contributed by atoms with Crippen molar-refractivity contribution in [1.29, 1.82) is 0 Å². The van der Waals surface area contributed by atoms with Gasteiger partial charge in [-0.2, -0.15) is 0 Å². The van der Waals surface area contributed by atoms with Crippen molar-refractivity contribution < 1.29 is 9.13 Å². The molecule has 2 aromatic carbocycles. The van der Waals surface area contributed by atoms with Crippen LogP contribution < -0.4 is 4.74 Å². The van der Waals surface area contributed by atoms with Gasteiger partial charge in [0.15, 0.2) is 11.6 Å². The third-order valence-corrected chi connectivity index (χ3v) is 3.92. The van der Waals surface area contributed by atoms with Crippen LogP contribution in [0.1, 0.15) is 25.6 Å². The molecular formula is C18H17ClFNO. The zero-order valence-corrected chi connectivity index (χ0v) is 13.3. The molecule has 3 aromatic rings. The zero-order chi connectivity index (χ0) is 15.7. The lowest BCUT2D eigenvalue weighted by Crippen LogP contribution is -2.08. The van der Waals surface area contributed by atoms with Gasteiger partial charge in [-0.05, 0) is 38.1 Å². The molecule has 114 valence electrons. The second-order valence-corrected chi connectivity index (χ2v) is 5.90. The van der Waals surface area contributed by atoms with Crippen molar-refractivity contribution in [3.63, 3.8) is 0 Å². The van der Waals surface area contributed by atoms with Gasteiger partial charge in [-0.1, -0.05) is 35.9 Å². The monoisotopic (exact) mass is 317 g/mol. The van der Waals surface area contributed by atoms with Crippen molar-refractivity contribution in [3.05, 3.63) is 65.1 Å². The number of nitrogens with zero attached hydrogens (tertiary/aromatic N) is 1. The molecule has 0 aliphatic carbocycles. The number of rotatable bonds is 4. The van der Waals surface area contributed by atoms with Gasteiger partial charge in [0, 0.05) is 11.4 Å². The van der Waals surface area contributed by atoms with E-state index in [-0.39, 0.29) is 17.6 Å². The molecule has 4 heteroatoms. The summed E-state index contributed by atoms with van der Waals surface area (Å²) in [6, 6.07) is 14.5. The van der Waals surface area contributed by atoms with E-state index >= 15 is 0 Å². The molecule has 0 aliphatic heterocycles. The van der Waals surface area contributed by atoms with Crippen molar-refractivity contribution in [1.82, 2.24) is 4.57 Å². The average Bonchev–Trinajstić information content (AvgIpc) is 2.86. The minimum absolute atomic E-state index is 0.233. The lowest BCUT2D eigenvalue weighted by molar-refractivity contribution is 0.279. The van der Waals surface area contributed by atoms with Crippen molar-refractivity contribution in [2.24, 2.45) is 0 Å². The van der Waals surface area contributed by atoms with Crippen LogP contribution in [0.3, 0.4) is 0 Å². The lowest BCUT2D eigenvalue weighted by Gasteiger charge is -2.16. The molecule has 0 saturated heterocycles. The third-order valence-electron chi connectivity index (χ3n) is 3.62. The number of halogens is 2. The van der Waals surface area contributed by atoms with E-state index in [2.05, 4.69) is 18.4 Å². The summed E-state index contributed by atoms with van der Waals surface area (Å²) in [4.78, 5) is 0. The van der Waals surface area contributed by atoms with Crippen molar-refractivity contribution in [2.75, 3.05) is 0 Å². The molecule has 2 nitrogen and oxygen atoms in total. The number of ether oxygens (including phenoxy) is 1. The van der Waals surface area contributed by atoms with Crippen LogP contribution in [0.5, 0.6) is 5.75 Å². The van der Waals surface area contributed by atoms with E-state index < -0.39 is 0 Å². The van der Waals surface area contributed by atoms with Crippen LogP contribution in [-0.4, -0.2) is 4.57 Å². The second-order valence-electron chi connectivity index (χ2n) is 5.50. The molecule has 0 unspecified atom stereocenters. The Labute approximate surface area is 134 Å². The first-order valence-electron chi connectivity index (χ1n) is 7.23. The lowest BCUT2D eigenvalue weighted by atomic mass is 10.2. The standard InChI is InChI=1S/C18H17ClFNO/c1-12(2)21-14(10-13-6-5-7-15(19)18(13)21)11-22-17-9-4-3-8-16(17)20/h3-10,12H,11H2,1-2H3. The quantitative estimate of drug-likeness (QED) is 0.611. The molecule has 3 rings (SSSR count). The largest absolute Gasteiger partial charge is 0.484 e. The van der Waals surface area contributed by atoms with Gasteiger partial charge in [-0.3, -0.25) is 0 Å². The minimum atomic E-state index is -0.354. The number of benzene rings is 2. The predicted molar refractivity (Wildman–Crippen MR) is 88.1 cm³/mol. The van der Waals surface area contributed by atoms with Gasteiger partial charge in [0.05, 0.1) is 16.2 Å². The van der Waals surface area contributed by atoms with Crippen molar-refractivity contribution >= 4 is 22.5 Å². The summed E-state index contributed by atoms with van der Waals surface area (Å²) < 4.78 is 21.4. The highest BCUT2D eigenvalue weighted by molar-refractivity contribution is 6.35. The van der Waals surface area contributed by atoms with Crippen LogP contribution in [0.4, 0.5) is 4.39 Å². The molecule has 0 amide bonds. The second kappa shape index (κ2) is 6.01. The van der Waals surface area contributed by atoms with Crippen LogP contribution in [0, 0.1) is 5.82 Å². The van der Waals surface area contributed by atoms with Crippen molar-refractivity contribution in [3.8, 4) is 5.75 Å². The summed E-state index contributed by atoms with van der Waals surface area (Å²) >= 11 is 6.34. The highest BCUT2D eigenvalue weighted by Crippen LogP contribution is 2.30. The molecule has 0 N–H and O–H groups in total. The zero-order valence-electron chi connectivity index (χ0n) is 12.5. The van der Waals surface area contributed by atoms with Gasteiger partial charge in [0.25, 0.3) is 0 Å². The highest BCUT2D eigenvalue weighted by Gasteiger charge is 2.14. The van der Waals surface area contributed by atoms with E-state index in [1.54, 1.807) is 18.2 Å². The summed E-state index contributed by atoms with van der Waals surface area (Å²) in [5.74, 6) is -0.0955. The SMILES string of the molecule is CC(C)n1c(COc2ccccc2F)cc2cccc(Cl)c21. The number of hydrogen-bond acceptors (Lipinski definition) is 1. The predicted octanol–water partition coefficient (Wildman–Crippen LogP) is 5.59. The maximum Gasteiger partial charge on any atom is 0.165 e. The van der Waals surface area contributed by atoms with Gasteiger partial charge in [0.2, 0.25) is 0 Å². The first-order chi connectivity index (χ1) is 10.6. The Balaban J connectivity index is 1.99. The Morgan fingerprint density at radius 2 is 1.91 bits per heavy atom. The van der Waals surface area contributed by atoms with Crippen LogP contribution >= 0.6 is 11.6 Å². The molecular weight excluding hydrogens is 301 g/mol. The van der Waals surface area contributed by atoms with Crippen LogP contribution in [0.15, 0.2) is 48.5 Å². The van der Waals surface area contributed by atoms with E-state index in [0.29, 0.717) is 11.6 Å². The minimum Gasteiger partial charge on any atom is -0.484 e. The van der Waals surface area contributed by atoms with Crippen LogP contribution in [-0.2, 0) is 6.61 Å². The molecule has 0 bridgehead atoms. The maximum absolute atomic E-state index is 13.7. The van der Waals surface area contributed by atoms with Crippen molar-refractivity contribution in [2.45, 2.75) is 26.5 Å². The molecule has 0 fully saturated rings. The smallest absolute Gasteiger partial charge is 0.165 e. The Morgan fingerprint density at radius 1 is 1.14 bits per heavy atom. The van der Waals surface area contributed by atoms with Gasteiger partial charge in [-0.25, -0.2) is 4.39 Å². The molecule has 1 aromatic heterocycles. The summed E-state index contributed by atoms with van der Waals surface area (Å²) in [7, 11) is 0. The fraction of sp³-hybridized carbons (Fsp3) is 0.222. The molecule has 22 heavy (non-hydrogen) atoms. The van der Waals surface area contributed by atoms with Gasteiger partial charge >= 0.3 is 0 Å². The molecule has 0 saturated carbocycles. The molecule has 0 spiro atoms. The van der Waals surface area contributed by atoms with E-state index in [0.717, 1.165) is 16.6 Å². The summed E-state index contributed by atoms with van der Waals surface area (Å²) in [5, 5.41) is 1.77. The van der Waals surface area contributed by atoms with Crippen LogP contribution in [0.2, 0.25) is 5.02 Å². The summed E-state index contributed by atoms with van der Waals surface area (Å²) in [5.41, 5.74) is 1.97. The summed E-state index contributed by atoms with van der Waals surface area (Å²) in [6.45, 7) is 4.48. The molecule has 0 aliphatic rings. The first kappa shape index (κ1) is 14.9. The summed E-state index contributed by atoms with van der Waals surface area (Å²) in [6.07, 6.45) is 0. The molecule has 0 atom stereocenters. The van der Waals surface area contributed by atoms with Gasteiger partial charge in [-0.15, -0.1) is 0 Å². The van der Waals surface area contributed by atoms with Gasteiger partial charge < -0.3 is 9.30 Å². The van der Waals surface area contributed by atoms with Crippen LogP contribution in [0.25, 0.3) is 10.9 Å². The molecule has 0 radical (unpaired) electrons. The first-order valence-corrected chi connectivity index (χ1v) is 7.61. The third kappa shape index (κ3) is 2.69. The Hall–Kier alpha value is -2.00. The van der Waals surface area contributed by atoms with E-state index in [1.165, 1.54) is 6.07 Å². The maximum atomic E-state index is 13.7. The number of aromatic nitrogens is 1. The Kier molecular flexibility index (Phi) is 4.08. The number of para-hydroxylation sites is 2. The molecule has 1 heterocycles. The number of hydrogen-bond donors (Lipinski definition) is 0. The topological polar surface area (TPSA) is 14.2 Å². The fourth-order valence-electron chi connectivity index (χ4n) is 2.71. The van der Waals surface area contributed by atoms with E-state index in [1.807, 2.05) is 24.3 Å². The fourth-order valence-corrected chi connectivity index (χ4v) is 2.98. The van der Waals surface area contributed by atoms with Gasteiger partial charge in [0.1, 0.15) is 6.61 Å². The van der Waals surface area contributed by atoms with E-state index in [9.17, 15) is 4.39 Å². The van der Waals surface area contributed by atoms with E-state index in [4.69, 9.17) is 16.3 Å². The average molecular weight is 318 g/mol. The Morgan fingerprint density at radius 3 is 2.64 bits per heavy atom. The number of fused-ring (bicyclic) bond motifs is 1. The Bertz CT molecular complexity index is 810. The normalized spacial score (nSPS) is 11.3. The highest BCUT2D eigenvalue weighted by atomic mass is 35.5.